The van der Waals surface area contributed by atoms with Gasteiger partial charge in [0.05, 0.1) is 0 Å². The fraction of sp³-hybridized carbons (Fsp3) is 0.429. The van der Waals surface area contributed by atoms with E-state index >= 15 is 0 Å². The summed E-state index contributed by atoms with van der Waals surface area (Å²) in [4.78, 5) is 24.6. The third kappa shape index (κ3) is 2.96. The first kappa shape index (κ1) is 14.5. The van der Waals surface area contributed by atoms with Gasteiger partial charge in [-0.05, 0) is 44.0 Å². The van der Waals surface area contributed by atoms with E-state index in [1.54, 1.807) is 6.92 Å². The van der Waals surface area contributed by atoms with Crippen LogP contribution in [0.5, 0.6) is 0 Å². The first-order chi connectivity index (χ1) is 9.52. The van der Waals surface area contributed by atoms with Crippen LogP contribution in [-0.4, -0.2) is 35.7 Å². The van der Waals surface area contributed by atoms with E-state index in [0.717, 1.165) is 0 Å². The molecule has 1 saturated heterocycles. The minimum atomic E-state index is -1.05. The Labute approximate surface area is 116 Å². The molecule has 1 aromatic carbocycles. The Morgan fingerprint density at radius 3 is 2.40 bits per heavy atom. The van der Waals surface area contributed by atoms with Crippen LogP contribution < -0.4 is 4.90 Å². The van der Waals surface area contributed by atoms with E-state index in [1.165, 1.54) is 29.2 Å². The normalized spacial score (nSPS) is 21.7. The highest BCUT2D eigenvalue weighted by atomic mass is 19.1. The van der Waals surface area contributed by atoms with Gasteiger partial charge in [-0.1, -0.05) is 0 Å². The molecule has 1 fully saturated rings. The maximum Gasteiger partial charge on any atom is 0.332 e. The number of carbonyl (C=O) groups excluding carboxylic acids is 1. The molecule has 1 amide bonds. The van der Waals surface area contributed by atoms with Gasteiger partial charge in [-0.3, -0.25) is 4.79 Å². The fourth-order valence-corrected chi connectivity index (χ4v) is 2.26. The molecule has 0 saturated carbocycles. The summed E-state index contributed by atoms with van der Waals surface area (Å²) in [5.74, 6) is -1.71. The SMILES string of the molecule is CCN(C(=O)[C@@H]1CC[C@H](C(=O)O)O1)c1ccc(F)cc1. The van der Waals surface area contributed by atoms with Crippen LogP contribution >= 0.6 is 0 Å². The number of carbonyl (C=O) groups is 2. The van der Waals surface area contributed by atoms with Gasteiger partial charge >= 0.3 is 5.97 Å². The Balaban J connectivity index is 2.10. The van der Waals surface area contributed by atoms with Crippen LogP contribution in [0.4, 0.5) is 10.1 Å². The molecule has 2 atom stereocenters. The topological polar surface area (TPSA) is 66.8 Å². The van der Waals surface area contributed by atoms with Crippen LogP contribution in [0.25, 0.3) is 0 Å². The zero-order chi connectivity index (χ0) is 14.7. The van der Waals surface area contributed by atoms with Gasteiger partial charge < -0.3 is 14.7 Å². The molecule has 0 aromatic heterocycles. The van der Waals surface area contributed by atoms with Crippen molar-refractivity contribution in [3.8, 4) is 0 Å². The molecule has 1 aliphatic rings. The highest BCUT2D eigenvalue weighted by molar-refractivity contribution is 5.97. The van der Waals surface area contributed by atoms with Gasteiger partial charge in [-0.15, -0.1) is 0 Å². The number of rotatable bonds is 4. The van der Waals surface area contributed by atoms with Crippen molar-refractivity contribution in [3.63, 3.8) is 0 Å². The third-order valence-electron chi connectivity index (χ3n) is 3.29. The molecule has 0 aliphatic carbocycles. The van der Waals surface area contributed by atoms with E-state index in [2.05, 4.69) is 0 Å². The lowest BCUT2D eigenvalue weighted by Gasteiger charge is -2.24. The Hall–Kier alpha value is -1.95. The van der Waals surface area contributed by atoms with Crippen LogP contribution in [0.15, 0.2) is 24.3 Å². The Kier molecular flexibility index (Phi) is 4.34. The summed E-state index contributed by atoms with van der Waals surface area (Å²) in [7, 11) is 0. The van der Waals surface area contributed by atoms with Crippen LogP contribution in [0, 0.1) is 5.82 Å². The second-order valence-corrected chi connectivity index (χ2v) is 4.59. The molecule has 0 bridgehead atoms. The molecule has 1 N–H and O–H groups in total. The molecular formula is C14H16FNO4. The monoisotopic (exact) mass is 281 g/mol. The van der Waals surface area contributed by atoms with Gasteiger partial charge in [-0.25, -0.2) is 9.18 Å². The molecule has 2 rings (SSSR count). The summed E-state index contributed by atoms with van der Waals surface area (Å²) >= 11 is 0. The molecule has 1 heterocycles. The van der Waals surface area contributed by atoms with Crippen molar-refractivity contribution in [3.05, 3.63) is 30.1 Å². The minimum absolute atomic E-state index is 0.289. The maximum atomic E-state index is 12.9. The lowest BCUT2D eigenvalue weighted by atomic mass is 10.1. The second-order valence-electron chi connectivity index (χ2n) is 4.59. The van der Waals surface area contributed by atoms with E-state index in [0.29, 0.717) is 25.1 Å². The van der Waals surface area contributed by atoms with Crippen LogP contribution in [0.3, 0.4) is 0 Å². The van der Waals surface area contributed by atoms with Crippen LogP contribution in [0.1, 0.15) is 19.8 Å². The number of nitrogens with zero attached hydrogens (tertiary/aromatic N) is 1. The summed E-state index contributed by atoms with van der Waals surface area (Å²) in [6.45, 7) is 2.20. The summed E-state index contributed by atoms with van der Waals surface area (Å²) in [6.07, 6.45) is -0.961. The molecule has 0 radical (unpaired) electrons. The number of benzene rings is 1. The van der Waals surface area contributed by atoms with Gasteiger partial charge in [-0.2, -0.15) is 0 Å². The average molecular weight is 281 g/mol. The van der Waals surface area contributed by atoms with Crippen molar-refractivity contribution >= 4 is 17.6 Å². The molecule has 0 spiro atoms. The Morgan fingerprint density at radius 1 is 1.30 bits per heavy atom. The van der Waals surface area contributed by atoms with E-state index < -0.39 is 18.2 Å². The smallest absolute Gasteiger partial charge is 0.332 e. The van der Waals surface area contributed by atoms with Crippen LogP contribution in [-0.2, 0) is 14.3 Å². The number of carboxylic acids is 1. The first-order valence-corrected chi connectivity index (χ1v) is 6.48. The van der Waals surface area contributed by atoms with E-state index in [1.807, 2.05) is 0 Å². The zero-order valence-corrected chi connectivity index (χ0v) is 11.1. The van der Waals surface area contributed by atoms with Crippen molar-refractivity contribution < 1.29 is 23.8 Å². The van der Waals surface area contributed by atoms with Crippen molar-refractivity contribution in [2.24, 2.45) is 0 Å². The van der Waals surface area contributed by atoms with E-state index in [9.17, 15) is 14.0 Å². The summed E-state index contributed by atoms with van der Waals surface area (Å²) in [5, 5.41) is 8.86. The molecule has 1 aliphatic heterocycles. The Morgan fingerprint density at radius 2 is 1.90 bits per heavy atom. The van der Waals surface area contributed by atoms with E-state index in [4.69, 9.17) is 9.84 Å². The van der Waals surface area contributed by atoms with Gasteiger partial charge in [0.2, 0.25) is 0 Å². The molecule has 20 heavy (non-hydrogen) atoms. The largest absolute Gasteiger partial charge is 0.479 e. The molecule has 0 unspecified atom stereocenters. The van der Waals surface area contributed by atoms with Crippen molar-refractivity contribution in [2.45, 2.75) is 32.0 Å². The molecule has 1 aromatic rings. The number of likely N-dealkylation sites (N-methyl/N-ethyl adjacent to an activating group) is 1. The Bertz CT molecular complexity index is 502. The number of anilines is 1. The molecule has 5 nitrogen and oxygen atoms in total. The highest BCUT2D eigenvalue weighted by Gasteiger charge is 2.36. The van der Waals surface area contributed by atoms with Crippen LogP contribution in [0.2, 0.25) is 0 Å². The zero-order valence-electron chi connectivity index (χ0n) is 11.1. The number of aliphatic carboxylic acids is 1. The number of carboxylic acid groups (broad SMARTS) is 1. The standard InChI is InChI=1S/C14H16FNO4/c1-2-16(10-5-3-9(15)4-6-10)13(17)11-7-8-12(20-11)14(18)19/h3-6,11-12H,2,7-8H2,1H3,(H,18,19)/t11-,12+/m0/s1. The minimum Gasteiger partial charge on any atom is -0.479 e. The number of amides is 1. The van der Waals surface area contributed by atoms with Crippen molar-refractivity contribution in [1.82, 2.24) is 0 Å². The number of ether oxygens (including phenoxy) is 1. The maximum absolute atomic E-state index is 12.9. The molecule has 108 valence electrons. The number of hydrogen-bond donors (Lipinski definition) is 1. The second kappa shape index (κ2) is 6.00. The number of halogens is 1. The van der Waals surface area contributed by atoms with Gasteiger partial charge in [0.1, 0.15) is 11.9 Å². The third-order valence-corrected chi connectivity index (χ3v) is 3.29. The number of hydrogen-bond acceptors (Lipinski definition) is 3. The summed E-state index contributed by atoms with van der Waals surface area (Å²) in [6, 6.07) is 5.59. The van der Waals surface area contributed by atoms with E-state index in [-0.39, 0.29) is 11.7 Å². The quantitative estimate of drug-likeness (QED) is 0.914. The molecular weight excluding hydrogens is 265 g/mol. The van der Waals surface area contributed by atoms with Gasteiger partial charge in [0.15, 0.2) is 6.10 Å². The predicted molar refractivity (Wildman–Crippen MR) is 70.0 cm³/mol. The van der Waals surface area contributed by atoms with Gasteiger partial charge in [0, 0.05) is 12.2 Å². The fourth-order valence-electron chi connectivity index (χ4n) is 2.26. The van der Waals surface area contributed by atoms with Gasteiger partial charge in [0.25, 0.3) is 5.91 Å². The summed E-state index contributed by atoms with van der Waals surface area (Å²) < 4.78 is 18.2. The lowest BCUT2D eigenvalue weighted by Crippen LogP contribution is -2.39. The first-order valence-electron chi connectivity index (χ1n) is 6.48. The van der Waals surface area contributed by atoms with Crippen molar-refractivity contribution in [1.29, 1.82) is 0 Å². The lowest BCUT2D eigenvalue weighted by molar-refractivity contribution is -0.151. The summed E-state index contributed by atoms with van der Waals surface area (Å²) in [5.41, 5.74) is 0.571. The highest BCUT2D eigenvalue weighted by Crippen LogP contribution is 2.24. The average Bonchev–Trinajstić information content (AvgIpc) is 2.91. The molecule has 6 heteroatoms. The predicted octanol–water partition coefficient (Wildman–Crippen LogP) is 1.81. The van der Waals surface area contributed by atoms with Crippen molar-refractivity contribution in [2.75, 3.05) is 11.4 Å².